The molecule has 2 aromatic rings. The second-order valence-electron chi connectivity index (χ2n) is 6.96. The van der Waals surface area contributed by atoms with Crippen molar-refractivity contribution in [2.24, 2.45) is 5.41 Å². The third-order valence-corrected chi connectivity index (χ3v) is 4.43. The molecule has 1 heterocycles. The van der Waals surface area contributed by atoms with Gasteiger partial charge in [-0.05, 0) is 48.9 Å². The molecule has 4 heteroatoms. The van der Waals surface area contributed by atoms with Crippen LogP contribution in [-0.4, -0.2) is 16.9 Å². The fourth-order valence-electron chi connectivity index (χ4n) is 3.36. The molecule has 1 saturated carbocycles. The minimum absolute atomic E-state index is 0.0209. The van der Waals surface area contributed by atoms with Gasteiger partial charge in [0.1, 0.15) is 5.69 Å². The lowest BCUT2D eigenvalue weighted by Crippen LogP contribution is -2.40. The maximum atomic E-state index is 12.4. The zero-order valence-electron chi connectivity index (χ0n) is 12.7. The number of fused-ring (bicyclic) bond motifs is 1. The van der Waals surface area contributed by atoms with Gasteiger partial charge in [-0.1, -0.05) is 20.3 Å². The van der Waals surface area contributed by atoms with Gasteiger partial charge in [-0.15, -0.1) is 0 Å². The number of benzene rings is 1. The predicted octanol–water partition coefficient (Wildman–Crippen LogP) is 3.45. The minimum atomic E-state index is -0.0209. The fraction of sp³-hybridized carbons (Fsp3) is 0.471. The van der Waals surface area contributed by atoms with Gasteiger partial charge < -0.3 is 16.0 Å². The third-order valence-electron chi connectivity index (χ3n) is 4.43. The molecular weight excluding hydrogens is 262 g/mol. The van der Waals surface area contributed by atoms with Crippen molar-refractivity contribution in [1.82, 2.24) is 10.3 Å². The van der Waals surface area contributed by atoms with E-state index >= 15 is 0 Å². The van der Waals surface area contributed by atoms with Gasteiger partial charge in [-0.3, -0.25) is 4.79 Å². The number of aromatic amines is 1. The Balaban J connectivity index is 1.74. The molecule has 1 atom stereocenters. The van der Waals surface area contributed by atoms with Crippen LogP contribution in [0.3, 0.4) is 0 Å². The number of carbonyl (C=O) groups is 1. The van der Waals surface area contributed by atoms with Gasteiger partial charge >= 0.3 is 0 Å². The summed E-state index contributed by atoms with van der Waals surface area (Å²) in [4.78, 5) is 15.6. The zero-order valence-corrected chi connectivity index (χ0v) is 12.7. The van der Waals surface area contributed by atoms with E-state index in [4.69, 9.17) is 5.73 Å². The molecule has 1 aliphatic carbocycles. The van der Waals surface area contributed by atoms with Crippen LogP contribution in [0, 0.1) is 5.41 Å². The molecule has 0 bridgehead atoms. The van der Waals surface area contributed by atoms with E-state index in [1.165, 1.54) is 12.8 Å². The number of amides is 1. The first-order chi connectivity index (χ1) is 9.93. The Morgan fingerprint density at radius 3 is 2.95 bits per heavy atom. The largest absolute Gasteiger partial charge is 0.399 e. The Labute approximate surface area is 125 Å². The van der Waals surface area contributed by atoms with Crippen molar-refractivity contribution in [1.29, 1.82) is 0 Å². The molecule has 3 rings (SSSR count). The van der Waals surface area contributed by atoms with E-state index in [2.05, 4.69) is 24.1 Å². The Morgan fingerprint density at radius 2 is 2.19 bits per heavy atom. The van der Waals surface area contributed by atoms with Gasteiger partial charge in [-0.2, -0.15) is 0 Å². The number of hydrogen-bond donors (Lipinski definition) is 3. The average Bonchev–Trinajstić information content (AvgIpc) is 2.80. The van der Waals surface area contributed by atoms with Crippen LogP contribution < -0.4 is 11.1 Å². The van der Waals surface area contributed by atoms with Crippen LogP contribution in [-0.2, 0) is 0 Å². The molecule has 1 amide bonds. The van der Waals surface area contributed by atoms with Crippen molar-refractivity contribution in [2.45, 2.75) is 45.6 Å². The predicted molar refractivity (Wildman–Crippen MR) is 86.2 cm³/mol. The highest BCUT2D eigenvalue weighted by Crippen LogP contribution is 2.35. The normalized spacial score (nSPS) is 21.3. The smallest absolute Gasteiger partial charge is 0.267 e. The molecule has 4 nitrogen and oxygen atoms in total. The first-order valence-corrected chi connectivity index (χ1v) is 7.62. The maximum Gasteiger partial charge on any atom is 0.267 e. The van der Waals surface area contributed by atoms with Crippen molar-refractivity contribution < 1.29 is 4.79 Å². The number of nitrogens with one attached hydrogen (secondary N) is 2. The second-order valence-corrected chi connectivity index (χ2v) is 6.96. The van der Waals surface area contributed by atoms with Crippen LogP contribution in [0.15, 0.2) is 24.3 Å². The van der Waals surface area contributed by atoms with Crippen molar-refractivity contribution >= 4 is 22.5 Å². The Bertz CT molecular complexity index is 672. The second kappa shape index (κ2) is 5.10. The van der Waals surface area contributed by atoms with Crippen LogP contribution in [0.1, 0.15) is 50.0 Å². The van der Waals surface area contributed by atoms with Gasteiger partial charge in [0.25, 0.3) is 5.91 Å². The van der Waals surface area contributed by atoms with E-state index in [1.54, 1.807) is 0 Å². The summed E-state index contributed by atoms with van der Waals surface area (Å²) in [5, 5.41) is 4.14. The Kier molecular flexibility index (Phi) is 3.40. The number of nitrogen functional groups attached to an aromatic ring is 1. The first kappa shape index (κ1) is 14.0. The molecule has 21 heavy (non-hydrogen) atoms. The number of hydrogen-bond acceptors (Lipinski definition) is 2. The van der Waals surface area contributed by atoms with Crippen molar-refractivity contribution in [3.05, 3.63) is 30.0 Å². The lowest BCUT2D eigenvalue weighted by atomic mass is 9.75. The average molecular weight is 285 g/mol. The highest BCUT2D eigenvalue weighted by molar-refractivity contribution is 5.98. The van der Waals surface area contributed by atoms with E-state index in [1.807, 2.05) is 24.3 Å². The first-order valence-electron chi connectivity index (χ1n) is 7.62. The summed E-state index contributed by atoms with van der Waals surface area (Å²) in [5.41, 5.74) is 8.36. The van der Waals surface area contributed by atoms with Crippen LogP contribution >= 0.6 is 0 Å². The number of nitrogens with two attached hydrogens (primary N) is 1. The summed E-state index contributed by atoms with van der Waals surface area (Å²) >= 11 is 0. The fourth-order valence-corrected chi connectivity index (χ4v) is 3.36. The highest BCUT2D eigenvalue weighted by Gasteiger charge is 2.29. The lowest BCUT2D eigenvalue weighted by Gasteiger charge is -2.35. The van der Waals surface area contributed by atoms with Crippen molar-refractivity contribution in [2.75, 3.05) is 5.73 Å². The lowest BCUT2D eigenvalue weighted by molar-refractivity contribution is 0.0898. The zero-order chi connectivity index (χ0) is 15.0. The van der Waals surface area contributed by atoms with E-state index < -0.39 is 0 Å². The van der Waals surface area contributed by atoms with Gasteiger partial charge in [-0.25, -0.2) is 0 Å². The molecule has 0 aliphatic heterocycles. The minimum Gasteiger partial charge on any atom is -0.399 e. The summed E-state index contributed by atoms with van der Waals surface area (Å²) in [6.07, 6.45) is 4.54. The topological polar surface area (TPSA) is 70.9 Å². The van der Waals surface area contributed by atoms with Crippen LogP contribution in [0.25, 0.3) is 10.9 Å². The van der Waals surface area contributed by atoms with Crippen LogP contribution in [0.2, 0.25) is 0 Å². The number of carbonyl (C=O) groups excluding carboxylic acids is 1. The highest BCUT2D eigenvalue weighted by atomic mass is 16.1. The molecule has 0 saturated heterocycles. The quantitative estimate of drug-likeness (QED) is 0.740. The molecule has 1 aliphatic rings. The molecule has 4 N–H and O–H groups in total. The molecule has 0 spiro atoms. The van der Waals surface area contributed by atoms with Gasteiger partial charge in [0.2, 0.25) is 0 Å². The number of rotatable bonds is 2. The number of anilines is 1. The molecule has 0 radical (unpaired) electrons. The summed E-state index contributed by atoms with van der Waals surface area (Å²) in [6.45, 7) is 4.55. The van der Waals surface area contributed by atoms with Crippen molar-refractivity contribution in [3.8, 4) is 0 Å². The van der Waals surface area contributed by atoms with E-state index in [-0.39, 0.29) is 11.9 Å². The number of H-pyrrole nitrogens is 1. The third kappa shape index (κ3) is 3.04. The number of aromatic nitrogens is 1. The van der Waals surface area contributed by atoms with E-state index in [9.17, 15) is 4.79 Å². The SMILES string of the molecule is CC1(C)CCCC(NC(=O)c2cc3cc(N)ccc3[nH]2)C1. The summed E-state index contributed by atoms with van der Waals surface area (Å²) in [6, 6.07) is 7.77. The monoisotopic (exact) mass is 285 g/mol. The standard InChI is InChI=1S/C17H23N3O/c1-17(2)7-3-4-13(10-17)19-16(21)15-9-11-8-12(18)5-6-14(11)20-15/h5-6,8-9,13,20H,3-4,7,10,18H2,1-2H3,(H,19,21). The van der Waals surface area contributed by atoms with Crippen LogP contribution in [0.5, 0.6) is 0 Å². The molecule has 1 aromatic heterocycles. The van der Waals surface area contributed by atoms with Crippen molar-refractivity contribution in [3.63, 3.8) is 0 Å². The molecule has 1 aromatic carbocycles. The van der Waals surface area contributed by atoms with E-state index in [0.29, 0.717) is 16.8 Å². The summed E-state index contributed by atoms with van der Waals surface area (Å²) in [7, 11) is 0. The van der Waals surface area contributed by atoms with Crippen LogP contribution in [0.4, 0.5) is 5.69 Å². The molecule has 1 unspecified atom stereocenters. The maximum absolute atomic E-state index is 12.4. The Morgan fingerprint density at radius 1 is 1.38 bits per heavy atom. The summed E-state index contributed by atoms with van der Waals surface area (Å²) < 4.78 is 0. The molecular formula is C17H23N3O. The Hall–Kier alpha value is -1.97. The van der Waals surface area contributed by atoms with Gasteiger partial charge in [0.05, 0.1) is 0 Å². The molecule has 112 valence electrons. The van der Waals surface area contributed by atoms with E-state index in [0.717, 1.165) is 23.7 Å². The molecule has 1 fully saturated rings. The van der Waals surface area contributed by atoms with Gasteiger partial charge in [0.15, 0.2) is 0 Å². The van der Waals surface area contributed by atoms with Gasteiger partial charge in [0, 0.05) is 22.6 Å². The summed E-state index contributed by atoms with van der Waals surface area (Å²) in [5.74, 6) is -0.0209.